The molecule has 4 heterocycles. The zero-order chi connectivity index (χ0) is 30.5. The maximum atomic E-state index is 14.4. The van der Waals surface area contributed by atoms with Gasteiger partial charge in [-0.3, -0.25) is 14.6 Å². The fourth-order valence-corrected chi connectivity index (χ4v) is 5.58. The van der Waals surface area contributed by atoms with Crippen molar-refractivity contribution < 1.29 is 14.3 Å². The van der Waals surface area contributed by atoms with Crippen LogP contribution in [0.4, 0.5) is 11.5 Å². The highest BCUT2D eigenvalue weighted by atomic mass is 35.5. The topological polar surface area (TPSA) is 102 Å². The predicted molar refractivity (Wildman–Crippen MR) is 170 cm³/mol. The molecule has 0 saturated carbocycles. The first-order valence-corrected chi connectivity index (χ1v) is 14.4. The number of halogens is 1. The number of carbonyl (C=O) groups excluding carboxylic acids is 1. The molecule has 1 N–H and O–H groups in total. The molecule has 43 heavy (non-hydrogen) atoms. The summed E-state index contributed by atoms with van der Waals surface area (Å²) in [4.78, 5) is 39.7. The van der Waals surface area contributed by atoms with Crippen LogP contribution in [-0.4, -0.2) is 78.2 Å². The summed E-state index contributed by atoms with van der Waals surface area (Å²) in [5.41, 5.74) is 2.30. The average molecular weight is 603 g/mol. The van der Waals surface area contributed by atoms with Crippen molar-refractivity contribution >= 4 is 39.9 Å². The van der Waals surface area contributed by atoms with E-state index in [2.05, 4.69) is 15.3 Å². The largest absolute Gasteiger partial charge is 0.497 e. The molecule has 1 amide bonds. The molecule has 0 bridgehead atoms. The minimum atomic E-state index is -0.193. The molecule has 224 valence electrons. The number of hydrogen-bond acceptors (Lipinski definition) is 8. The number of piperidine rings is 1. The Kier molecular flexibility index (Phi) is 9.27. The lowest BCUT2D eigenvalue weighted by molar-refractivity contribution is -0.127. The fraction of sp³-hybridized carbons (Fsp3) is 0.312. The van der Waals surface area contributed by atoms with Gasteiger partial charge in [0, 0.05) is 84.7 Å². The van der Waals surface area contributed by atoms with E-state index in [0.717, 1.165) is 16.6 Å². The van der Waals surface area contributed by atoms with Crippen LogP contribution in [0.2, 0.25) is 5.02 Å². The standard InChI is InChI=1S/C32H35ClN6O4/c1-37(2)13-5-6-30(40)38-14-9-23(10-15-38)39-27-19-29(36-22-7-11-34-12-8-22)35-20-21(27)16-26(32(39)41)25-17-24(42-3)18-28(43-4)31(25)33/h5-8,11-12,16-20,23H,9-10,13-15H2,1-4H3,(H,34,35,36)/b6-5+. The number of methoxy groups -OCH3 is 2. The van der Waals surface area contributed by atoms with Gasteiger partial charge in [0.25, 0.3) is 5.56 Å². The van der Waals surface area contributed by atoms with Gasteiger partial charge in [0.05, 0.1) is 24.8 Å². The number of fused-ring (bicyclic) bond motifs is 1. The second kappa shape index (κ2) is 13.3. The van der Waals surface area contributed by atoms with Gasteiger partial charge in [-0.25, -0.2) is 4.98 Å². The van der Waals surface area contributed by atoms with Crippen molar-refractivity contribution in [3.63, 3.8) is 0 Å². The summed E-state index contributed by atoms with van der Waals surface area (Å²) in [7, 11) is 6.99. The van der Waals surface area contributed by atoms with Crippen molar-refractivity contribution in [2.45, 2.75) is 18.9 Å². The average Bonchev–Trinajstić information content (AvgIpc) is 3.01. The third-order valence-electron chi connectivity index (χ3n) is 7.50. The summed E-state index contributed by atoms with van der Waals surface area (Å²) in [6.07, 6.45) is 9.88. The molecule has 10 nitrogen and oxygen atoms in total. The van der Waals surface area contributed by atoms with Crippen molar-refractivity contribution in [1.29, 1.82) is 0 Å². The van der Waals surface area contributed by atoms with Crippen molar-refractivity contribution in [3.8, 4) is 22.6 Å². The zero-order valence-electron chi connectivity index (χ0n) is 24.7. The van der Waals surface area contributed by atoms with E-state index in [1.165, 1.54) is 7.11 Å². The van der Waals surface area contributed by atoms with E-state index in [0.29, 0.717) is 65.9 Å². The van der Waals surface area contributed by atoms with Crippen LogP contribution >= 0.6 is 11.6 Å². The number of aromatic nitrogens is 3. The molecule has 1 saturated heterocycles. The molecule has 0 unspecified atom stereocenters. The molecular formula is C32H35ClN6O4. The van der Waals surface area contributed by atoms with Crippen LogP contribution in [0.5, 0.6) is 11.5 Å². The second-order valence-corrected chi connectivity index (χ2v) is 11.0. The number of pyridine rings is 3. The number of anilines is 2. The number of nitrogens with one attached hydrogen (secondary N) is 1. The van der Waals surface area contributed by atoms with E-state index in [1.807, 2.05) is 58.8 Å². The van der Waals surface area contributed by atoms with E-state index in [1.54, 1.807) is 43.9 Å². The second-order valence-electron chi connectivity index (χ2n) is 10.6. The van der Waals surface area contributed by atoms with Gasteiger partial charge in [0.15, 0.2) is 0 Å². The summed E-state index contributed by atoms with van der Waals surface area (Å²) in [6, 6.07) is 10.7. The van der Waals surface area contributed by atoms with Crippen molar-refractivity contribution in [2.75, 3.05) is 53.3 Å². The Morgan fingerprint density at radius 2 is 1.84 bits per heavy atom. The first kappa shape index (κ1) is 30.1. The summed E-state index contributed by atoms with van der Waals surface area (Å²) < 4.78 is 12.8. The molecule has 0 aliphatic carbocycles. The fourth-order valence-electron chi connectivity index (χ4n) is 5.29. The lowest BCUT2D eigenvalue weighted by atomic mass is 10.00. The number of amides is 1. The Labute approximate surface area is 255 Å². The van der Waals surface area contributed by atoms with Crippen LogP contribution in [-0.2, 0) is 4.79 Å². The van der Waals surface area contributed by atoms with E-state index in [4.69, 9.17) is 21.1 Å². The monoisotopic (exact) mass is 602 g/mol. The highest BCUT2D eigenvalue weighted by Gasteiger charge is 2.27. The van der Waals surface area contributed by atoms with Gasteiger partial charge in [0.2, 0.25) is 5.91 Å². The molecule has 11 heteroatoms. The van der Waals surface area contributed by atoms with E-state index >= 15 is 0 Å². The lowest BCUT2D eigenvalue weighted by Crippen LogP contribution is -2.40. The number of hydrogen-bond donors (Lipinski definition) is 1. The molecular weight excluding hydrogens is 568 g/mol. The first-order chi connectivity index (χ1) is 20.8. The highest BCUT2D eigenvalue weighted by Crippen LogP contribution is 2.39. The number of benzene rings is 1. The van der Waals surface area contributed by atoms with Crippen molar-refractivity contribution in [2.24, 2.45) is 0 Å². The molecule has 1 aromatic carbocycles. The van der Waals surface area contributed by atoms with E-state index in [-0.39, 0.29) is 17.5 Å². The zero-order valence-corrected chi connectivity index (χ0v) is 25.5. The summed E-state index contributed by atoms with van der Waals surface area (Å²) in [5.74, 6) is 1.51. The van der Waals surface area contributed by atoms with Crippen LogP contribution in [0.3, 0.4) is 0 Å². The van der Waals surface area contributed by atoms with Gasteiger partial charge in [-0.1, -0.05) is 17.7 Å². The molecule has 1 aliphatic rings. The Morgan fingerprint density at radius 3 is 2.51 bits per heavy atom. The van der Waals surface area contributed by atoms with Crippen LogP contribution in [0.15, 0.2) is 71.9 Å². The van der Waals surface area contributed by atoms with E-state index in [9.17, 15) is 9.59 Å². The van der Waals surface area contributed by atoms with Crippen LogP contribution in [0.25, 0.3) is 22.0 Å². The predicted octanol–water partition coefficient (Wildman–Crippen LogP) is 5.15. The number of likely N-dealkylation sites (N-methyl/N-ethyl adjacent to an activating group) is 1. The van der Waals surface area contributed by atoms with Crippen molar-refractivity contribution in [1.82, 2.24) is 24.3 Å². The van der Waals surface area contributed by atoms with Gasteiger partial charge in [-0.2, -0.15) is 0 Å². The van der Waals surface area contributed by atoms with E-state index < -0.39 is 0 Å². The van der Waals surface area contributed by atoms with Gasteiger partial charge in [-0.15, -0.1) is 0 Å². The summed E-state index contributed by atoms with van der Waals surface area (Å²) >= 11 is 6.75. The minimum Gasteiger partial charge on any atom is -0.497 e. The van der Waals surface area contributed by atoms with Gasteiger partial charge in [-0.05, 0) is 51.2 Å². The molecule has 1 fully saturated rings. The molecule has 0 radical (unpaired) electrons. The van der Waals surface area contributed by atoms with Crippen LogP contribution < -0.4 is 20.3 Å². The third-order valence-corrected chi connectivity index (χ3v) is 7.89. The Morgan fingerprint density at radius 1 is 1.09 bits per heavy atom. The first-order valence-electron chi connectivity index (χ1n) is 14.0. The van der Waals surface area contributed by atoms with Gasteiger partial charge in [0.1, 0.15) is 17.3 Å². The van der Waals surface area contributed by atoms with Crippen LogP contribution in [0, 0.1) is 0 Å². The quantitative estimate of drug-likeness (QED) is 0.262. The Hall–Kier alpha value is -4.41. The van der Waals surface area contributed by atoms with Crippen molar-refractivity contribution in [3.05, 3.63) is 82.5 Å². The normalized spacial score (nSPS) is 14.0. The number of likely N-dealkylation sites (tertiary alicyclic amines) is 1. The van der Waals surface area contributed by atoms with Gasteiger partial charge >= 0.3 is 0 Å². The number of ether oxygens (including phenoxy) is 2. The Balaban J connectivity index is 1.58. The maximum Gasteiger partial charge on any atom is 0.259 e. The number of rotatable bonds is 9. The molecule has 5 rings (SSSR count). The SMILES string of the molecule is COc1cc(OC)c(Cl)c(-c2cc3cnc(Nc4ccncc4)cc3n(C3CCN(C(=O)/C=C/CN(C)C)CC3)c2=O)c1. The number of carbonyl (C=O) groups is 1. The molecule has 1 aliphatic heterocycles. The molecule has 0 spiro atoms. The smallest absolute Gasteiger partial charge is 0.259 e. The molecule has 0 atom stereocenters. The molecule has 4 aromatic rings. The summed E-state index contributed by atoms with van der Waals surface area (Å²) in [6.45, 7) is 1.77. The Bertz CT molecular complexity index is 1700. The maximum absolute atomic E-state index is 14.4. The van der Waals surface area contributed by atoms with Crippen LogP contribution in [0.1, 0.15) is 18.9 Å². The number of nitrogens with zero attached hydrogens (tertiary/aromatic N) is 5. The molecule has 3 aromatic heterocycles. The minimum absolute atomic E-state index is 0.0189. The summed E-state index contributed by atoms with van der Waals surface area (Å²) in [5, 5.41) is 4.39. The van der Waals surface area contributed by atoms with Gasteiger partial charge < -0.3 is 29.2 Å². The third kappa shape index (κ3) is 6.65. The lowest BCUT2D eigenvalue weighted by Gasteiger charge is -2.33. The highest BCUT2D eigenvalue weighted by molar-refractivity contribution is 6.35.